The van der Waals surface area contributed by atoms with Crippen LogP contribution in [0.1, 0.15) is 13.8 Å². The average Bonchev–Trinajstić information content (AvgIpc) is 2.38. The molecular formula is C13H19NO3S. The molecule has 0 unspecified atom stereocenters. The van der Waals surface area contributed by atoms with Crippen molar-refractivity contribution in [3.05, 3.63) is 24.3 Å². The molecule has 0 amide bonds. The largest absolute Gasteiger partial charge is 0.491 e. The molecule has 0 aliphatic rings. The second kappa shape index (κ2) is 8.00. The van der Waals surface area contributed by atoms with Crippen molar-refractivity contribution < 1.29 is 14.3 Å². The van der Waals surface area contributed by atoms with Crippen LogP contribution in [0.5, 0.6) is 5.75 Å². The van der Waals surface area contributed by atoms with E-state index >= 15 is 0 Å². The van der Waals surface area contributed by atoms with Gasteiger partial charge in [-0.15, -0.1) is 0 Å². The summed E-state index contributed by atoms with van der Waals surface area (Å²) >= 11 is 3.96. The summed E-state index contributed by atoms with van der Waals surface area (Å²) in [6, 6.07) is 7.45. The third-order valence-electron chi connectivity index (χ3n) is 2.35. The number of thiol groups is 1. The van der Waals surface area contributed by atoms with Crippen molar-refractivity contribution in [1.29, 1.82) is 0 Å². The Kier molecular flexibility index (Phi) is 6.60. The molecule has 1 N–H and O–H groups in total. The first-order valence-corrected chi connectivity index (χ1v) is 6.31. The maximum absolute atomic E-state index is 11.3. The van der Waals surface area contributed by atoms with Crippen LogP contribution in [0.25, 0.3) is 0 Å². The number of rotatable bonds is 8. The average molecular weight is 269 g/mol. The number of hydrogen-bond acceptors (Lipinski definition) is 5. The van der Waals surface area contributed by atoms with Gasteiger partial charge in [0.15, 0.2) is 5.78 Å². The van der Waals surface area contributed by atoms with E-state index in [0.717, 1.165) is 11.4 Å². The summed E-state index contributed by atoms with van der Waals surface area (Å²) < 4.78 is 13.4. The predicted octanol–water partition coefficient (Wildman–Crippen LogP) is 2.56. The Labute approximate surface area is 113 Å². The number of benzene rings is 1. The SMILES string of the molecule is CC(C)C(=O)COCCOc1cccc(NS)c1. The zero-order valence-electron chi connectivity index (χ0n) is 10.7. The molecule has 0 saturated heterocycles. The first-order chi connectivity index (χ1) is 8.63. The van der Waals surface area contributed by atoms with Crippen LogP contribution in [0.4, 0.5) is 5.69 Å². The molecule has 1 rings (SSSR count). The molecule has 0 radical (unpaired) electrons. The second-order valence-corrected chi connectivity index (χ2v) is 4.39. The highest BCUT2D eigenvalue weighted by Crippen LogP contribution is 2.17. The van der Waals surface area contributed by atoms with Crippen LogP contribution in [0.3, 0.4) is 0 Å². The molecule has 0 saturated carbocycles. The molecule has 0 bridgehead atoms. The van der Waals surface area contributed by atoms with Crippen LogP contribution in [0, 0.1) is 5.92 Å². The van der Waals surface area contributed by atoms with Crippen LogP contribution in [0.15, 0.2) is 24.3 Å². The number of hydrogen-bond donors (Lipinski definition) is 2. The van der Waals surface area contributed by atoms with Gasteiger partial charge in [-0.25, -0.2) is 0 Å². The highest BCUT2D eigenvalue weighted by Gasteiger charge is 2.06. The fourth-order valence-corrected chi connectivity index (χ4v) is 1.35. The zero-order chi connectivity index (χ0) is 13.4. The number of ether oxygens (including phenoxy) is 2. The van der Waals surface area contributed by atoms with Crippen LogP contribution in [-0.4, -0.2) is 25.6 Å². The topological polar surface area (TPSA) is 47.6 Å². The molecule has 1 aromatic carbocycles. The lowest BCUT2D eigenvalue weighted by Gasteiger charge is -2.08. The monoisotopic (exact) mass is 269 g/mol. The normalized spacial score (nSPS) is 10.4. The van der Waals surface area contributed by atoms with Gasteiger partial charge in [0.1, 0.15) is 19.0 Å². The van der Waals surface area contributed by atoms with Crippen molar-refractivity contribution >= 4 is 24.3 Å². The Balaban J connectivity index is 2.19. The van der Waals surface area contributed by atoms with E-state index in [9.17, 15) is 4.79 Å². The molecule has 4 nitrogen and oxygen atoms in total. The second-order valence-electron chi connectivity index (χ2n) is 4.16. The van der Waals surface area contributed by atoms with Crippen LogP contribution in [-0.2, 0) is 9.53 Å². The van der Waals surface area contributed by atoms with Gasteiger partial charge >= 0.3 is 0 Å². The van der Waals surface area contributed by atoms with Crippen LogP contribution < -0.4 is 9.46 Å². The highest BCUT2D eigenvalue weighted by molar-refractivity contribution is 7.81. The molecule has 5 heteroatoms. The molecular weight excluding hydrogens is 250 g/mol. The number of nitrogens with one attached hydrogen (secondary N) is 1. The van der Waals surface area contributed by atoms with Crippen molar-refractivity contribution in [2.75, 3.05) is 24.5 Å². The predicted molar refractivity (Wildman–Crippen MR) is 75.2 cm³/mol. The first-order valence-electron chi connectivity index (χ1n) is 5.87. The van der Waals surface area contributed by atoms with Crippen molar-refractivity contribution in [1.82, 2.24) is 0 Å². The Morgan fingerprint density at radius 1 is 1.39 bits per heavy atom. The number of anilines is 1. The molecule has 100 valence electrons. The minimum atomic E-state index is 0.0176. The molecule has 0 atom stereocenters. The van der Waals surface area contributed by atoms with Gasteiger partial charge in [0, 0.05) is 17.7 Å². The van der Waals surface area contributed by atoms with Gasteiger partial charge in [-0.1, -0.05) is 32.7 Å². The molecule has 0 spiro atoms. The third-order valence-corrected chi connectivity index (χ3v) is 2.61. The lowest BCUT2D eigenvalue weighted by Crippen LogP contribution is -2.17. The summed E-state index contributed by atoms with van der Waals surface area (Å²) in [4.78, 5) is 11.3. The number of carbonyl (C=O) groups excluding carboxylic acids is 1. The van der Waals surface area contributed by atoms with E-state index in [1.165, 1.54) is 0 Å². The number of Topliss-reactive ketones (excluding diaryl/α,β-unsaturated/α-hetero) is 1. The first kappa shape index (κ1) is 14.9. The van der Waals surface area contributed by atoms with Crippen molar-refractivity contribution in [3.63, 3.8) is 0 Å². The van der Waals surface area contributed by atoms with Gasteiger partial charge < -0.3 is 14.2 Å². The van der Waals surface area contributed by atoms with E-state index in [0.29, 0.717) is 13.2 Å². The van der Waals surface area contributed by atoms with E-state index in [-0.39, 0.29) is 18.3 Å². The van der Waals surface area contributed by atoms with Gasteiger partial charge in [-0.3, -0.25) is 4.79 Å². The maximum Gasteiger partial charge on any atom is 0.160 e. The Hall–Kier alpha value is -1.20. The van der Waals surface area contributed by atoms with E-state index in [1.54, 1.807) is 0 Å². The summed E-state index contributed by atoms with van der Waals surface area (Å²) in [7, 11) is 0. The molecule has 0 aliphatic carbocycles. The fraction of sp³-hybridized carbons (Fsp3) is 0.462. The van der Waals surface area contributed by atoms with Gasteiger partial charge in [0.05, 0.1) is 6.61 Å². The lowest BCUT2D eigenvalue weighted by molar-refractivity contribution is -0.126. The maximum atomic E-state index is 11.3. The van der Waals surface area contributed by atoms with E-state index in [2.05, 4.69) is 17.5 Å². The lowest BCUT2D eigenvalue weighted by atomic mass is 10.1. The molecule has 0 aliphatic heterocycles. The quantitative estimate of drug-likeness (QED) is 0.562. The van der Waals surface area contributed by atoms with E-state index in [1.807, 2.05) is 38.1 Å². The number of carbonyl (C=O) groups is 1. The molecule has 0 fully saturated rings. The number of ketones is 1. The van der Waals surface area contributed by atoms with Gasteiger partial charge in [-0.05, 0) is 12.1 Å². The van der Waals surface area contributed by atoms with Crippen molar-refractivity contribution in [3.8, 4) is 5.75 Å². The van der Waals surface area contributed by atoms with Gasteiger partial charge in [0.25, 0.3) is 0 Å². The zero-order valence-corrected chi connectivity index (χ0v) is 11.6. The standard InChI is InChI=1S/C13H19NO3S/c1-10(2)13(15)9-16-6-7-17-12-5-3-4-11(8-12)14-18/h3-5,8,10,14,18H,6-7,9H2,1-2H3. The van der Waals surface area contributed by atoms with Gasteiger partial charge in [0.2, 0.25) is 0 Å². The molecule has 0 heterocycles. The van der Waals surface area contributed by atoms with Gasteiger partial charge in [-0.2, -0.15) is 0 Å². The van der Waals surface area contributed by atoms with Crippen molar-refractivity contribution in [2.24, 2.45) is 5.92 Å². The summed E-state index contributed by atoms with van der Waals surface area (Å²) in [5, 5.41) is 0. The summed E-state index contributed by atoms with van der Waals surface area (Å²) in [5.74, 6) is 0.869. The molecule has 0 aromatic heterocycles. The van der Waals surface area contributed by atoms with Crippen LogP contribution >= 0.6 is 12.8 Å². The molecule has 1 aromatic rings. The Morgan fingerprint density at radius 3 is 2.83 bits per heavy atom. The van der Waals surface area contributed by atoms with Crippen LogP contribution in [0.2, 0.25) is 0 Å². The summed E-state index contributed by atoms with van der Waals surface area (Å²) in [6.45, 7) is 4.69. The minimum absolute atomic E-state index is 0.0176. The Bertz CT molecular complexity index is 382. The third kappa shape index (κ3) is 5.42. The van der Waals surface area contributed by atoms with Crippen molar-refractivity contribution in [2.45, 2.75) is 13.8 Å². The van der Waals surface area contributed by atoms with E-state index in [4.69, 9.17) is 9.47 Å². The molecule has 18 heavy (non-hydrogen) atoms. The van der Waals surface area contributed by atoms with E-state index < -0.39 is 0 Å². The Morgan fingerprint density at radius 2 is 2.17 bits per heavy atom. The minimum Gasteiger partial charge on any atom is -0.491 e. The smallest absolute Gasteiger partial charge is 0.160 e. The summed E-state index contributed by atoms with van der Waals surface area (Å²) in [6.07, 6.45) is 0. The fourth-order valence-electron chi connectivity index (χ4n) is 1.21. The highest BCUT2D eigenvalue weighted by atomic mass is 32.1. The summed E-state index contributed by atoms with van der Waals surface area (Å²) in [5.41, 5.74) is 0.867.